The number of methoxy groups -OCH3 is 1. The Morgan fingerprint density at radius 1 is 1.19 bits per heavy atom. The third-order valence-electron chi connectivity index (χ3n) is 3.03. The zero-order chi connectivity index (χ0) is 14.7. The van der Waals surface area contributed by atoms with E-state index in [0.717, 1.165) is 11.4 Å². The van der Waals surface area contributed by atoms with Crippen molar-refractivity contribution in [2.45, 2.75) is 13.0 Å². The van der Waals surface area contributed by atoms with Crippen LogP contribution in [0.4, 0.5) is 5.69 Å². The molecule has 0 bridgehead atoms. The maximum absolute atomic E-state index is 5.30. The van der Waals surface area contributed by atoms with Crippen molar-refractivity contribution in [3.8, 4) is 17.3 Å². The van der Waals surface area contributed by atoms with Crippen LogP contribution in [0.1, 0.15) is 18.9 Å². The third kappa shape index (κ3) is 2.74. The molecule has 0 aliphatic heterocycles. The fourth-order valence-corrected chi connectivity index (χ4v) is 1.98. The van der Waals surface area contributed by atoms with E-state index in [1.807, 2.05) is 31.2 Å². The highest BCUT2D eigenvalue weighted by atomic mass is 16.5. The zero-order valence-corrected chi connectivity index (χ0v) is 11.7. The molecule has 21 heavy (non-hydrogen) atoms. The summed E-state index contributed by atoms with van der Waals surface area (Å²) in [7, 11) is 1.63. The maximum atomic E-state index is 5.30. The van der Waals surface area contributed by atoms with Gasteiger partial charge in [0.1, 0.15) is 11.8 Å². The highest BCUT2D eigenvalue weighted by Crippen LogP contribution is 2.28. The smallest absolute Gasteiger partial charge is 0.249 e. The molecule has 0 fully saturated rings. The van der Waals surface area contributed by atoms with Crippen LogP contribution in [0.15, 0.2) is 51.6 Å². The van der Waals surface area contributed by atoms with Crippen LogP contribution in [0.5, 0.6) is 5.75 Å². The van der Waals surface area contributed by atoms with Crippen molar-refractivity contribution < 1.29 is 13.7 Å². The third-order valence-corrected chi connectivity index (χ3v) is 3.03. The second-order valence-corrected chi connectivity index (χ2v) is 4.50. The second-order valence-electron chi connectivity index (χ2n) is 4.50. The van der Waals surface area contributed by atoms with Gasteiger partial charge in [0.15, 0.2) is 5.76 Å². The van der Waals surface area contributed by atoms with Gasteiger partial charge in [0.05, 0.1) is 19.1 Å². The summed E-state index contributed by atoms with van der Waals surface area (Å²) in [4.78, 5) is 4.33. The molecule has 0 saturated carbocycles. The van der Waals surface area contributed by atoms with Crippen LogP contribution in [0.2, 0.25) is 0 Å². The van der Waals surface area contributed by atoms with Crippen molar-refractivity contribution in [2.75, 3.05) is 12.4 Å². The zero-order valence-electron chi connectivity index (χ0n) is 11.7. The van der Waals surface area contributed by atoms with E-state index in [1.165, 1.54) is 0 Å². The number of anilines is 1. The molecular weight excluding hydrogens is 270 g/mol. The fourth-order valence-electron chi connectivity index (χ4n) is 1.98. The molecule has 6 heteroatoms. The number of hydrogen-bond acceptors (Lipinski definition) is 6. The summed E-state index contributed by atoms with van der Waals surface area (Å²) < 4.78 is 15.8. The summed E-state index contributed by atoms with van der Waals surface area (Å²) in [5.41, 5.74) is 0.866. The van der Waals surface area contributed by atoms with Crippen LogP contribution in [0.3, 0.4) is 0 Å². The normalized spacial score (nSPS) is 12.1. The molecule has 2 aromatic heterocycles. The van der Waals surface area contributed by atoms with Gasteiger partial charge in [-0.1, -0.05) is 17.3 Å². The minimum atomic E-state index is -0.155. The number of para-hydroxylation sites is 2. The summed E-state index contributed by atoms with van der Waals surface area (Å²) in [5.74, 6) is 2.25. The van der Waals surface area contributed by atoms with Crippen molar-refractivity contribution in [3.63, 3.8) is 0 Å². The molecule has 1 atom stereocenters. The summed E-state index contributed by atoms with van der Waals surface area (Å²) in [6.07, 6.45) is 1.57. The van der Waals surface area contributed by atoms with Crippen LogP contribution in [-0.4, -0.2) is 17.3 Å². The van der Waals surface area contributed by atoms with E-state index in [0.29, 0.717) is 17.5 Å². The van der Waals surface area contributed by atoms with Gasteiger partial charge in [-0.15, -0.1) is 0 Å². The van der Waals surface area contributed by atoms with E-state index in [9.17, 15) is 0 Å². The van der Waals surface area contributed by atoms with Crippen LogP contribution < -0.4 is 10.1 Å². The van der Waals surface area contributed by atoms with E-state index in [1.54, 1.807) is 25.5 Å². The highest BCUT2D eigenvalue weighted by molar-refractivity contribution is 5.57. The lowest BCUT2D eigenvalue weighted by Gasteiger charge is -2.14. The number of furan rings is 1. The Kier molecular flexibility index (Phi) is 3.59. The quantitative estimate of drug-likeness (QED) is 0.773. The summed E-state index contributed by atoms with van der Waals surface area (Å²) >= 11 is 0. The minimum absolute atomic E-state index is 0.155. The molecule has 1 aromatic carbocycles. The van der Waals surface area contributed by atoms with Gasteiger partial charge in [-0.3, -0.25) is 0 Å². The lowest BCUT2D eigenvalue weighted by Crippen LogP contribution is -2.08. The van der Waals surface area contributed by atoms with Crippen LogP contribution in [-0.2, 0) is 0 Å². The van der Waals surface area contributed by atoms with Gasteiger partial charge in [0, 0.05) is 0 Å². The largest absolute Gasteiger partial charge is 0.495 e. The fraction of sp³-hybridized carbons (Fsp3) is 0.200. The Bertz CT molecular complexity index is 707. The van der Waals surface area contributed by atoms with E-state index in [2.05, 4.69) is 15.5 Å². The number of nitrogens with zero attached hydrogens (tertiary/aromatic N) is 2. The first kappa shape index (κ1) is 13.2. The minimum Gasteiger partial charge on any atom is -0.495 e. The van der Waals surface area contributed by atoms with Gasteiger partial charge in [-0.25, -0.2) is 0 Å². The van der Waals surface area contributed by atoms with Crippen LogP contribution >= 0.6 is 0 Å². The SMILES string of the molecule is COc1ccccc1N[C@@H](C)c1nc(-c2ccco2)no1. The van der Waals surface area contributed by atoms with Crippen LogP contribution in [0, 0.1) is 0 Å². The maximum Gasteiger partial charge on any atom is 0.249 e. The van der Waals surface area contributed by atoms with Crippen LogP contribution in [0.25, 0.3) is 11.6 Å². The second kappa shape index (κ2) is 5.70. The Hall–Kier alpha value is -2.76. The molecule has 108 valence electrons. The topological polar surface area (TPSA) is 73.3 Å². The molecule has 0 unspecified atom stereocenters. The van der Waals surface area contributed by atoms with E-state index >= 15 is 0 Å². The number of rotatable bonds is 5. The number of nitrogens with one attached hydrogen (secondary N) is 1. The lowest BCUT2D eigenvalue weighted by atomic mass is 10.2. The molecule has 3 rings (SSSR count). The standard InChI is InChI=1S/C15H15N3O3/c1-10(16-11-6-3-4-7-12(11)19-2)15-17-14(18-21-15)13-8-5-9-20-13/h3-10,16H,1-2H3/t10-/m0/s1. The monoisotopic (exact) mass is 285 g/mol. The molecule has 3 aromatic rings. The van der Waals surface area contributed by atoms with Crippen molar-refractivity contribution in [3.05, 3.63) is 48.6 Å². The first-order valence-electron chi connectivity index (χ1n) is 6.55. The average molecular weight is 285 g/mol. The van der Waals surface area contributed by atoms with Gasteiger partial charge in [-0.2, -0.15) is 4.98 Å². The molecule has 1 N–H and O–H groups in total. The van der Waals surface area contributed by atoms with Crippen molar-refractivity contribution in [2.24, 2.45) is 0 Å². The van der Waals surface area contributed by atoms with Gasteiger partial charge in [0.25, 0.3) is 0 Å². The molecule has 0 amide bonds. The summed E-state index contributed by atoms with van der Waals surface area (Å²) in [6, 6.07) is 11.1. The molecule has 0 saturated heterocycles. The molecular formula is C15H15N3O3. The number of ether oxygens (including phenoxy) is 1. The van der Waals surface area contributed by atoms with E-state index < -0.39 is 0 Å². The number of aromatic nitrogens is 2. The predicted octanol–water partition coefficient (Wildman–Crippen LogP) is 3.51. The summed E-state index contributed by atoms with van der Waals surface area (Å²) in [6.45, 7) is 1.94. The van der Waals surface area contributed by atoms with Gasteiger partial charge < -0.3 is 19.0 Å². The van der Waals surface area contributed by atoms with Crippen molar-refractivity contribution >= 4 is 5.69 Å². The Morgan fingerprint density at radius 2 is 2.05 bits per heavy atom. The van der Waals surface area contributed by atoms with Crippen molar-refractivity contribution in [1.29, 1.82) is 0 Å². The number of hydrogen-bond donors (Lipinski definition) is 1. The molecule has 0 radical (unpaired) electrons. The Morgan fingerprint density at radius 3 is 2.81 bits per heavy atom. The van der Waals surface area contributed by atoms with E-state index in [-0.39, 0.29) is 6.04 Å². The van der Waals surface area contributed by atoms with Gasteiger partial charge in [-0.05, 0) is 31.2 Å². The average Bonchev–Trinajstić information content (AvgIpc) is 3.18. The molecule has 0 aliphatic rings. The predicted molar refractivity (Wildman–Crippen MR) is 77.0 cm³/mol. The van der Waals surface area contributed by atoms with Gasteiger partial charge in [0.2, 0.25) is 11.7 Å². The molecule has 2 heterocycles. The highest BCUT2D eigenvalue weighted by Gasteiger charge is 2.17. The molecule has 0 aliphatic carbocycles. The van der Waals surface area contributed by atoms with Crippen molar-refractivity contribution in [1.82, 2.24) is 10.1 Å². The Balaban J connectivity index is 1.78. The summed E-state index contributed by atoms with van der Waals surface area (Å²) in [5, 5.41) is 7.20. The first-order valence-corrected chi connectivity index (χ1v) is 6.55. The molecule has 6 nitrogen and oxygen atoms in total. The number of benzene rings is 1. The van der Waals surface area contributed by atoms with Gasteiger partial charge >= 0.3 is 0 Å². The lowest BCUT2D eigenvalue weighted by molar-refractivity contribution is 0.366. The Labute approximate surface area is 121 Å². The molecule has 0 spiro atoms. The first-order chi connectivity index (χ1) is 10.3. The van der Waals surface area contributed by atoms with E-state index in [4.69, 9.17) is 13.7 Å².